The lowest BCUT2D eigenvalue weighted by molar-refractivity contribution is -0.112. The van der Waals surface area contributed by atoms with Gasteiger partial charge in [0.1, 0.15) is 0 Å². The third-order valence-electron chi connectivity index (χ3n) is 1.01. The van der Waals surface area contributed by atoms with E-state index < -0.39 is 0 Å². The van der Waals surface area contributed by atoms with Crippen LogP contribution in [0.1, 0.15) is 26.7 Å². The Kier molecular flexibility index (Phi) is 3.08. The van der Waals surface area contributed by atoms with Gasteiger partial charge in [0.25, 0.3) is 0 Å². The van der Waals surface area contributed by atoms with Crippen molar-refractivity contribution in [1.29, 1.82) is 5.41 Å². The minimum absolute atomic E-state index is 0.0347. The van der Waals surface area contributed by atoms with Crippen molar-refractivity contribution < 1.29 is 4.79 Å². The second-order valence-electron chi connectivity index (χ2n) is 1.61. The van der Waals surface area contributed by atoms with E-state index in [-0.39, 0.29) is 11.5 Å². The van der Waals surface area contributed by atoms with Gasteiger partial charge in [0.05, 0.1) is 5.71 Å². The van der Waals surface area contributed by atoms with Gasteiger partial charge in [-0.3, -0.25) is 4.79 Å². The molecule has 0 aliphatic heterocycles. The Morgan fingerprint density at radius 2 is 1.88 bits per heavy atom. The second-order valence-corrected chi connectivity index (χ2v) is 1.61. The number of ketones is 1. The largest absolute Gasteiger partial charge is 0.302 e. The van der Waals surface area contributed by atoms with Crippen LogP contribution in [0.15, 0.2) is 0 Å². The van der Waals surface area contributed by atoms with E-state index >= 15 is 0 Å². The van der Waals surface area contributed by atoms with Crippen LogP contribution in [0.3, 0.4) is 0 Å². The topological polar surface area (TPSA) is 40.9 Å². The molecule has 0 aromatic heterocycles. The molecule has 0 amide bonds. The van der Waals surface area contributed by atoms with Crippen LogP contribution in [-0.2, 0) is 4.79 Å². The highest BCUT2D eigenvalue weighted by atomic mass is 16.1. The smallest absolute Gasteiger partial charge is 0.176 e. The van der Waals surface area contributed by atoms with Gasteiger partial charge in [-0.1, -0.05) is 13.8 Å². The molecule has 2 heteroatoms. The molecule has 0 bridgehead atoms. The van der Waals surface area contributed by atoms with Crippen molar-refractivity contribution in [2.45, 2.75) is 26.7 Å². The summed E-state index contributed by atoms with van der Waals surface area (Å²) in [6, 6.07) is 0. The summed E-state index contributed by atoms with van der Waals surface area (Å²) in [5.41, 5.74) is 0.243. The first-order chi connectivity index (χ1) is 3.72. The third-order valence-corrected chi connectivity index (χ3v) is 1.01. The van der Waals surface area contributed by atoms with Gasteiger partial charge in [-0.15, -0.1) is 0 Å². The van der Waals surface area contributed by atoms with Crippen molar-refractivity contribution in [2.24, 2.45) is 0 Å². The Morgan fingerprint density at radius 3 is 2.00 bits per heavy atom. The maximum atomic E-state index is 10.5. The van der Waals surface area contributed by atoms with Crippen LogP contribution in [0.4, 0.5) is 0 Å². The summed E-state index contributed by atoms with van der Waals surface area (Å²) in [6.45, 7) is 3.59. The van der Waals surface area contributed by atoms with Crippen molar-refractivity contribution in [2.75, 3.05) is 0 Å². The quantitative estimate of drug-likeness (QED) is 0.552. The Morgan fingerprint density at radius 1 is 1.38 bits per heavy atom. The number of Topliss-reactive ketones (excluding diaryl/α,β-unsaturated/α-hetero) is 1. The fourth-order valence-corrected chi connectivity index (χ4v) is 0.411. The summed E-state index contributed by atoms with van der Waals surface area (Å²) in [4.78, 5) is 10.5. The van der Waals surface area contributed by atoms with Gasteiger partial charge in [0.15, 0.2) is 5.78 Å². The molecule has 0 aromatic carbocycles. The van der Waals surface area contributed by atoms with Gasteiger partial charge in [0.2, 0.25) is 0 Å². The highest BCUT2D eigenvalue weighted by molar-refractivity contribution is 6.38. The van der Waals surface area contributed by atoms with E-state index in [2.05, 4.69) is 0 Å². The highest BCUT2D eigenvalue weighted by Crippen LogP contribution is 1.87. The standard InChI is InChI=1S/C6H11NO/c1-3-5(7)6(8)4-2/h7H,3-4H2,1-2H3. The summed E-state index contributed by atoms with van der Waals surface area (Å²) in [7, 11) is 0. The molecule has 0 spiro atoms. The highest BCUT2D eigenvalue weighted by Gasteiger charge is 2.01. The third kappa shape index (κ3) is 1.87. The molecule has 0 fully saturated rings. The first-order valence-corrected chi connectivity index (χ1v) is 2.83. The van der Waals surface area contributed by atoms with Crippen LogP contribution >= 0.6 is 0 Å². The summed E-state index contributed by atoms with van der Waals surface area (Å²) < 4.78 is 0. The van der Waals surface area contributed by atoms with Crippen LogP contribution in [0.5, 0.6) is 0 Å². The predicted molar refractivity (Wildman–Crippen MR) is 33.3 cm³/mol. The Hall–Kier alpha value is -0.660. The van der Waals surface area contributed by atoms with Gasteiger partial charge >= 0.3 is 0 Å². The van der Waals surface area contributed by atoms with E-state index in [0.29, 0.717) is 12.8 Å². The van der Waals surface area contributed by atoms with Crippen LogP contribution < -0.4 is 0 Å². The van der Waals surface area contributed by atoms with Gasteiger partial charge in [0, 0.05) is 6.42 Å². The molecule has 0 aromatic rings. The number of hydrogen-bond donors (Lipinski definition) is 1. The normalized spacial score (nSPS) is 8.75. The van der Waals surface area contributed by atoms with Gasteiger partial charge in [-0.2, -0.15) is 0 Å². The predicted octanol–water partition coefficient (Wildman–Crippen LogP) is 1.40. The summed E-state index contributed by atoms with van der Waals surface area (Å²) in [5, 5.41) is 6.99. The first-order valence-electron chi connectivity index (χ1n) is 2.83. The minimum Gasteiger partial charge on any atom is -0.302 e. The molecule has 1 N–H and O–H groups in total. The zero-order valence-electron chi connectivity index (χ0n) is 5.32. The molecule has 0 saturated heterocycles. The maximum Gasteiger partial charge on any atom is 0.176 e. The van der Waals surface area contributed by atoms with E-state index in [0.717, 1.165) is 0 Å². The second kappa shape index (κ2) is 3.36. The molecular weight excluding hydrogens is 102 g/mol. The zero-order valence-corrected chi connectivity index (χ0v) is 5.32. The fourth-order valence-electron chi connectivity index (χ4n) is 0.411. The summed E-state index contributed by atoms with van der Waals surface area (Å²) >= 11 is 0. The van der Waals surface area contributed by atoms with E-state index in [1.165, 1.54) is 0 Å². The SMILES string of the molecule is CCC(=N)C(=O)CC. The van der Waals surface area contributed by atoms with Crippen molar-refractivity contribution in [3.63, 3.8) is 0 Å². The maximum absolute atomic E-state index is 10.5. The van der Waals surface area contributed by atoms with Crippen LogP contribution in [0, 0.1) is 5.41 Å². The lowest BCUT2D eigenvalue weighted by Gasteiger charge is -1.91. The number of hydrogen-bond acceptors (Lipinski definition) is 2. The molecule has 0 aliphatic rings. The molecule has 0 rings (SSSR count). The minimum atomic E-state index is -0.0347. The molecule has 0 saturated carbocycles. The average molecular weight is 113 g/mol. The van der Waals surface area contributed by atoms with Crippen LogP contribution in [-0.4, -0.2) is 11.5 Å². The van der Waals surface area contributed by atoms with Gasteiger partial charge < -0.3 is 5.41 Å². The molecule has 46 valence electrons. The number of rotatable bonds is 3. The van der Waals surface area contributed by atoms with Crippen molar-refractivity contribution in [3.05, 3.63) is 0 Å². The molecular formula is C6H11NO. The van der Waals surface area contributed by atoms with Crippen LogP contribution in [0.2, 0.25) is 0 Å². The zero-order chi connectivity index (χ0) is 6.57. The number of carbonyl (C=O) groups is 1. The van der Waals surface area contributed by atoms with Crippen molar-refractivity contribution in [1.82, 2.24) is 0 Å². The molecule has 0 aliphatic carbocycles. The lowest BCUT2D eigenvalue weighted by atomic mass is 10.1. The molecule has 0 heterocycles. The summed E-state index contributed by atoms with van der Waals surface area (Å²) in [5.74, 6) is -0.0347. The monoisotopic (exact) mass is 113 g/mol. The number of carbonyl (C=O) groups excluding carboxylic acids is 1. The molecule has 0 unspecified atom stereocenters. The lowest BCUT2D eigenvalue weighted by Crippen LogP contribution is -2.08. The van der Waals surface area contributed by atoms with E-state index in [4.69, 9.17) is 5.41 Å². The average Bonchev–Trinajstić information content (AvgIpc) is 1.84. The van der Waals surface area contributed by atoms with Crippen molar-refractivity contribution in [3.8, 4) is 0 Å². The van der Waals surface area contributed by atoms with Crippen LogP contribution in [0.25, 0.3) is 0 Å². The molecule has 0 radical (unpaired) electrons. The molecule has 0 atom stereocenters. The van der Waals surface area contributed by atoms with E-state index in [1.807, 2.05) is 6.92 Å². The molecule has 8 heavy (non-hydrogen) atoms. The Balaban J connectivity index is 3.64. The first kappa shape index (κ1) is 7.34. The van der Waals surface area contributed by atoms with Crippen molar-refractivity contribution >= 4 is 11.5 Å². The Labute approximate surface area is 49.4 Å². The van der Waals surface area contributed by atoms with Gasteiger partial charge in [-0.25, -0.2) is 0 Å². The fraction of sp³-hybridized carbons (Fsp3) is 0.667. The molecule has 2 nitrogen and oxygen atoms in total. The Bertz CT molecular complexity index is 93.1. The number of nitrogens with one attached hydrogen (secondary N) is 1. The van der Waals surface area contributed by atoms with Gasteiger partial charge in [-0.05, 0) is 6.42 Å². The van der Waals surface area contributed by atoms with E-state index in [9.17, 15) is 4.79 Å². The summed E-state index contributed by atoms with van der Waals surface area (Å²) in [6.07, 6.45) is 1.03. The van der Waals surface area contributed by atoms with E-state index in [1.54, 1.807) is 6.92 Å².